The van der Waals surface area contributed by atoms with Crippen LogP contribution in [0, 0.1) is 0 Å². The van der Waals surface area contributed by atoms with Crippen LogP contribution in [0.5, 0.6) is 0 Å². The first-order chi connectivity index (χ1) is 26.6. The maximum atomic E-state index is 2.49. The molecule has 0 aliphatic heterocycles. The molecule has 0 radical (unpaired) electrons. The van der Waals surface area contributed by atoms with E-state index < -0.39 is 0 Å². The molecule has 9 aromatic carbocycles. The van der Waals surface area contributed by atoms with Gasteiger partial charge in [-0.15, -0.1) is 0 Å². The molecule has 9 aromatic rings. The minimum absolute atomic E-state index is 0.0162. The summed E-state index contributed by atoms with van der Waals surface area (Å²) in [5.41, 5.74) is 18.0. The van der Waals surface area contributed by atoms with E-state index >= 15 is 0 Å². The smallest absolute Gasteiger partial charge is 0.0184 e. The maximum absolute atomic E-state index is 2.49. The molecule has 1 aliphatic rings. The fraction of sp³-hybridized carbons (Fsp3) is 0.0741. The Morgan fingerprint density at radius 1 is 0.315 bits per heavy atom. The SMILES string of the molecule is CCC1(C)c2ccccc2-c2ccc(-c3c4ccccc4c(-c4ccc(-c5cc(-c6ccccc6)cc(-c6ccccc6)c5)cc4)c4ccccc34)cc21. The van der Waals surface area contributed by atoms with Gasteiger partial charge in [-0.25, -0.2) is 0 Å². The van der Waals surface area contributed by atoms with Crippen molar-refractivity contribution in [3.8, 4) is 66.8 Å². The second-order valence-corrected chi connectivity index (χ2v) is 14.9. The zero-order valence-corrected chi connectivity index (χ0v) is 30.7. The number of benzene rings is 9. The number of hydrogen-bond donors (Lipinski definition) is 0. The molecule has 0 spiro atoms. The van der Waals surface area contributed by atoms with Crippen LogP contribution in [-0.4, -0.2) is 0 Å². The number of rotatable bonds is 6. The Morgan fingerprint density at radius 3 is 1.22 bits per heavy atom. The third-order valence-electron chi connectivity index (χ3n) is 12.0. The molecule has 1 atom stereocenters. The van der Waals surface area contributed by atoms with Crippen molar-refractivity contribution in [1.82, 2.24) is 0 Å². The summed E-state index contributed by atoms with van der Waals surface area (Å²) in [7, 11) is 0. The molecule has 0 bridgehead atoms. The summed E-state index contributed by atoms with van der Waals surface area (Å²) < 4.78 is 0. The fourth-order valence-electron chi connectivity index (χ4n) is 9.08. The van der Waals surface area contributed by atoms with Gasteiger partial charge in [-0.3, -0.25) is 0 Å². The van der Waals surface area contributed by atoms with Crippen LogP contribution in [0.1, 0.15) is 31.4 Å². The first-order valence-corrected chi connectivity index (χ1v) is 19.2. The van der Waals surface area contributed by atoms with Gasteiger partial charge in [0, 0.05) is 5.41 Å². The van der Waals surface area contributed by atoms with Crippen molar-refractivity contribution >= 4 is 21.5 Å². The molecule has 10 rings (SSSR count). The zero-order chi connectivity index (χ0) is 36.2. The van der Waals surface area contributed by atoms with E-state index in [1.54, 1.807) is 0 Å². The summed E-state index contributed by atoms with van der Waals surface area (Å²) in [6.45, 7) is 4.75. The van der Waals surface area contributed by atoms with Crippen LogP contribution < -0.4 is 0 Å². The van der Waals surface area contributed by atoms with Crippen molar-refractivity contribution in [3.05, 3.63) is 205 Å². The van der Waals surface area contributed by atoms with E-state index in [-0.39, 0.29) is 5.41 Å². The Morgan fingerprint density at radius 2 is 0.704 bits per heavy atom. The number of hydrogen-bond acceptors (Lipinski definition) is 0. The lowest BCUT2D eigenvalue weighted by atomic mass is 9.77. The quantitative estimate of drug-likeness (QED) is 0.153. The van der Waals surface area contributed by atoms with Gasteiger partial charge >= 0.3 is 0 Å². The van der Waals surface area contributed by atoms with Gasteiger partial charge < -0.3 is 0 Å². The van der Waals surface area contributed by atoms with Crippen LogP contribution in [0.3, 0.4) is 0 Å². The first kappa shape index (κ1) is 32.2. The highest BCUT2D eigenvalue weighted by atomic mass is 14.4. The molecule has 0 nitrogen and oxygen atoms in total. The molecule has 0 N–H and O–H groups in total. The maximum Gasteiger partial charge on any atom is 0.0184 e. The summed E-state index contributed by atoms with van der Waals surface area (Å²) >= 11 is 0. The summed E-state index contributed by atoms with van der Waals surface area (Å²) in [6, 6.07) is 71.8. The molecule has 0 saturated carbocycles. The molecule has 0 heteroatoms. The van der Waals surface area contributed by atoms with Gasteiger partial charge in [-0.05, 0) is 130 Å². The van der Waals surface area contributed by atoms with Crippen molar-refractivity contribution in [2.45, 2.75) is 25.7 Å². The molecule has 0 aromatic heterocycles. The van der Waals surface area contributed by atoms with Gasteiger partial charge in [-0.1, -0.05) is 184 Å². The average Bonchev–Trinajstić information content (AvgIpc) is 3.50. The summed E-state index contributed by atoms with van der Waals surface area (Å²) in [5, 5.41) is 5.12. The number of fused-ring (bicyclic) bond motifs is 5. The van der Waals surface area contributed by atoms with E-state index in [9.17, 15) is 0 Å². The average molecular weight is 689 g/mol. The minimum Gasteiger partial charge on any atom is -0.0642 e. The molecular formula is C54H40. The van der Waals surface area contributed by atoms with Crippen LogP contribution in [-0.2, 0) is 5.41 Å². The molecule has 256 valence electrons. The molecule has 1 aliphatic carbocycles. The van der Waals surface area contributed by atoms with E-state index in [0.29, 0.717) is 0 Å². The van der Waals surface area contributed by atoms with E-state index in [2.05, 4.69) is 208 Å². The topological polar surface area (TPSA) is 0 Å². The Bertz CT molecular complexity index is 2730. The second kappa shape index (κ2) is 12.9. The predicted octanol–water partition coefficient (Wildman–Crippen LogP) is 15.0. The van der Waals surface area contributed by atoms with E-state index in [1.165, 1.54) is 99.4 Å². The largest absolute Gasteiger partial charge is 0.0642 e. The lowest BCUT2D eigenvalue weighted by molar-refractivity contribution is 0.565. The fourth-order valence-corrected chi connectivity index (χ4v) is 9.08. The van der Waals surface area contributed by atoms with Gasteiger partial charge in [0.1, 0.15) is 0 Å². The van der Waals surface area contributed by atoms with E-state index in [4.69, 9.17) is 0 Å². The summed E-state index contributed by atoms with van der Waals surface area (Å²) in [6.07, 6.45) is 1.06. The van der Waals surface area contributed by atoms with Crippen LogP contribution in [0.15, 0.2) is 194 Å². The Kier molecular flexibility index (Phi) is 7.67. The van der Waals surface area contributed by atoms with Gasteiger partial charge in [0.05, 0.1) is 0 Å². The minimum atomic E-state index is -0.0162. The van der Waals surface area contributed by atoms with Crippen molar-refractivity contribution in [2.75, 3.05) is 0 Å². The van der Waals surface area contributed by atoms with Gasteiger partial charge in [0.25, 0.3) is 0 Å². The van der Waals surface area contributed by atoms with Gasteiger partial charge in [-0.2, -0.15) is 0 Å². The highest BCUT2D eigenvalue weighted by Crippen LogP contribution is 2.52. The molecule has 0 heterocycles. The summed E-state index contributed by atoms with van der Waals surface area (Å²) in [4.78, 5) is 0. The van der Waals surface area contributed by atoms with Crippen LogP contribution in [0.2, 0.25) is 0 Å². The van der Waals surface area contributed by atoms with Crippen molar-refractivity contribution in [3.63, 3.8) is 0 Å². The molecule has 54 heavy (non-hydrogen) atoms. The third kappa shape index (κ3) is 5.13. The zero-order valence-electron chi connectivity index (χ0n) is 30.7. The lowest BCUT2D eigenvalue weighted by Crippen LogP contribution is -2.19. The van der Waals surface area contributed by atoms with Crippen LogP contribution in [0.25, 0.3) is 88.3 Å². The van der Waals surface area contributed by atoms with Crippen molar-refractivity contribution in [1.29, 1.82) is 0 Å². The standard InChI is InChI=1S/C54H40/c1-3-54(2)50-25-15-14-20-44(50)45-31-30-40(35-51(45)54)53-48-23-12-10-21-46(48)52(47-22-11-13-24-49(47)53)39-28-26-38(27-29-39)43-33-41(36-16-6-4-7-17-36)32-42(34-43)37-18-8-5-9-19-37/h4-35H,3H2,1-2H3. The van der Waals surface area contributed by atoms with Crippen molar-refractivity contribution in [2.24, 2.45) is 0 Å². The Balaban J connectivity index is 1.12. The predicted molar refractivity (Wildman–Crippen MR) is 231 cm³/mol. The van der Waals surface area contributed by atoms with Crippen LogP contribution in [0.4, 0.5) is 0 Å². The van der Waals surface area contributed by atoms with Crippen LogP contribution >= 0.6 is 0 Å². The highest BCUT2D eigenvalue weighted by molar-refractivity contribution is 6.21. The highest BCUT2D eigenvalue weighted by Gasteiger charge is 2.38. The van der Waals surface area contributed by atoms with Crippen molar-refractivity contribution < 1.29 is 0 Å². The van der Waals surface area contributed by atoms with Gasteiger partial charge in [0.2, 0.25) is 0 Å². The summed E-state index contributed by atoms with van der Waals surface area (Å²) in [5.74, 6) is 0. The lowest BCUT2D eigenvalue weighted by Gasteiger charge is -2.26. The molecule has 0 fully saturated rings. The third-order valence-corrected chi connectivity index (χ3v) is 12.0. The normalized spacial score (nSPS) is 14.6. The molecular weight excluding hydrogens is 649 g/mol. The Hall–Kier alpha value is -6.50. The molecule has 0 saturated heterocycles. The first-order valence-electron chi connectivity index (χ1n) is 19.2. The van der Waals surface area contributed by atoms with E-state index in [1.807, 2.05) is 0 Å². The second-order valence-electron chi connectivity index (χ2n) is 14.9. The molecule has 0 amide bonds. The van der Waals surface area contributed by atoms with Gasteiger partial charge in [0.15, 0.2) is 0 Å². The molecule has 1 unspecified atom stereocenters. The monoisotopic (exact) mass is 688 g/mol. The Labute approximate surface area is 318 Å². The van der Waals surface area contributed by atoms with E-state index in [0.717, 1.165) is 6.42 Å².